The number of hydrogen-bond acceptors (Lipinski definition) is 2. The van der Waals surface area contributed by atoms with Gasteiger partial charge >= 0.3 is 0 Å². The highest BCUT2D eigenvalue weighted by atomic mass is 35.5. The molecule has 0 spiro atoms. The van der Waals surface area contributed by atoms with Crippen molar-refractivity contribution >= 4 is 12.4 Å². The first-order valence-corrected chi connectivity index (χ1v) is 2.86. The SMILES string of the molecule is Cl.NCN1CCCC1. The maximum Gasteiger partial charge on any atom is 0.0455 e. The molecule has 0 saturated carbocycles. The Labute approximate surface area is 56.4 Å². The van der Waals surface area contributed by atoms with Gasteiger partial charge in [0.15, 0.2) is 0 Å². The second kappa shape index (κ2) is 4.13. The Bertz CT molecular complexity index is 52.4. The minimum Gasteiger partial charge on any atom is -0.318 e. The molecule has 3 heteroatoms. The molecule has 8 heavy (non-hydrogen) atoms. The molecule has 0 bridgehead atoms. The summed E-state index contributed by atoms with van der Waals surface area (Å²) >= 11 is 0. The zero-order chi connectivity index (χ0) is 5.11. The quantitative estimate of drug-likeness (QED) is 0.566. The molecule has 2 nitrogen and oxygen atoms in total. The molecule has 1 saturated heterocycles. The molecule has 1 aliphatic rings. The third-order valence-corrected chi connectivity index (χ3v) is 1.46. The van der Waals surface area contributed by atoms with E-state index in [0.29, 0.717) is 0 Å². The molecule has 1 aliphatic heterocycles. The van der Waals surface area contributed by atoms with E-state index >= 15 is 0 Å². The monoisotopic (exact) mass is 136 g/mol. The van der Waals surface area contributed by atoms with Crippen molar-refractivity contribution in [2.75, 3.05) is 19.8 Å². The number of likely N-dealkylation sites (tertiary alicyclic amines) is 1. The van der Waals surface area contributed by atoms with Gasteiger partial charge in [-0.25, -0.2) is 0 Å². The molecule has 1 heterocycles. The summed E-state index contributed by atoms with van der Waals surface area (Å²) in [4.78, 5) is 2.26. The van der Waals surface area contributed by atoms with E-state index in [4.69, 9.17) is 5.73 Å². The lowest BCUT2D eigenvalue weighted by Gasteiger charge is -2.08. The molecular weight excluding hydrogens is 124 g/mol. The maximum absolute atomic E-state index is 5.36. The lowest BCUT2D eigenvalue weighted by molar-refractivity contribution is 0.350. The highest BCUT2D eigenvalue weighted by Crippen LogP contribution is 2.03. The first-order valence-electron chi connectivity index (χ1n) is 2.86. The Morgan fingerprint density at radius 1 is 1.25 bits per heavy atom. The lowest BCUT2D eigenvalue weighted by Crippen LogP contribution is -2.26. The van der Waals surface area contributed by atoms with Crippen LogP contribution in [0.5, 0.6) is 0 Å². The van der Waals surface area contributed by atoms with Gasteiger partial charge in [-0.05, 0) is 25.9 Å². The Hall–Kier alpha value is 0.210. The van der Waals surface area contributed by atoms with E-state index in [9.17, 15) is 0 Å². The van der Waals surface area contributed by atoms with Crippen molar-refractivity contribution in [2.45, 2.75) is 12.8 Å². The standard InChI is InChI=1S/C5H12N2.ClH/c6-5-7-3-1-2-4-7;/h1-6H2;1H. The van der Waals surface area contributed by atoms with E-state index in [2.05, 4.69) is 4.90 Å². The highest BCUT2D eigenvalue weighted by Gasteiger charge is 2.07. The lowest BCUT2D eigenvalue weighted by atomic mass is 10.4. The van der Waals surface area contributed by atoms with E-state index in [1.807, 2.05) is 0 Å². The first-order chi connectivity index (χ1) is 3.43. The van der Waals surface area contributed by atoms with Crippen molar-refractivity contribution < 1.29 is 0 Å². The van der Waals surface area contributed by atoms with Crippen LogP contribution in [0.4, 0.5) is 0 Å². The Morgan fingerprint density at radius 3 is 2.00 bits per heavy atom. The van der Waals surface area contributed by atoms with Gasteiger partial charge in [0.1, 0.15) is 0 Å². The van der Waals surface area contributed by atoms with Crippen LogP contribution in [0.1, 0.15) is 12.8 Å². The number of hydrogen-bond donors (Lipinski definition) is 1. The zero-order valence-electron chi connectivity index (χ0n) is 4.97. The van der Waals surface area contributed by atoms with Crippen molar-refractivity contribution in [3.8, 4) is 0 Å². The van der Waals surface area contributed by atoms with E-state index in [0.717, 1.165) is 6.67 Å². The van der Waals surface area contributed by atoms with Crippen molar-refractivity contribution in [2.24, 2.45) is 5.73 Å². The number of halogens is 1. The van der Waals surface area contributed by atoms with Gasteiger partial charge in [-0.2, -0.15) is 0 Å². The molecule has 0 atom stereocenters. The topological polar surface area (TPSA) is 29.3 Å². The van der Waals surface area contributed by atoms with E-state index in [1.54, 1.807) is 0 Å². The van der Waals surface area contributed by atoms with E-state index in [1.165, 1.54) is 25.9 Å². The summed E-state index contributed by atoms with van der Waals surface area (Å²) in [6.07, 6.45) is 2.69. The van der Waals surface area contributed by atoms with Crippen molar-refractivity contribution in [1.29, 1.82) is 0 Å². The number of nitrogens with two attached hydrogens (primary N) is 1. The molecule has 0 aromatic heterocycles. The molecule has 50 valence electrons. The molecule has 1 fully saturated rings. The molecule has 1 rings (SSSR count). The third-order valence-electron chi connectivity index (χ3n) is 1.46. The molecular formula is C5H13ClN2. The van der Waals surface area contributed by atoms with Crippen LogP contribution in [0, 0.1) is 0 Å². The summed E-state index contributed by atoms with van der Waals surface area (Å²) in [5, 5.41) is 0. The van der Waals surface area contributed by atoms with Gasteiger partial charge in [-0.3, -0.25) is 4.90 Å². The number of rotatable bonds is 1. The smallest absolute Gasteiger partial charge is 0.0455 e. The molecule has 0 aromatic rings. The van der Waals surface area contributed by atoms with Crippen LogP contribution in [0.25, 0.3) is 0 Å². The molecule has 2 N–H and O–H groups in total. The average molecular weight is 137 g/mol. The molecule has 0 amide bonds. The van der Waals surface area contributed by atoms with Crippen LogP contribution in [0.3, 0.4) is 0 Å². The summed E-state index contributed by atoms with van der Waals surface area (Å²) in [6.45, 7) is 3.19. The molecule has 0 unspecified atom stereocenters. The largest absolute Gasteiger partial charge is 0.318 e. The van der Waals surface area contributed by atoms with Crippen molar-refractivity contribution in [3.05, 3.63) is 0 Å². The predicted octanol–water partition coefficient (Wildman–Crippen LogP) is 0.420. The fraction of sp³-hybridized carbons (Fsp3) is 1.00. The normalized spacial score (nSPS) is 20.6. The Morgan fingerprint density at radius 2 is 1.75 bits per heavy atom. The molecule has 0 radical (unpaired) electrons. The van der Waals surface area contributed by atoms with Gasteiger partial charge < -0.3 is 5.73 Å². The summed E-state index contributed by atoms with van der Waals surface area (Å²) < 4.78 is 0. The van der Waals surface area contributed by atoms with Crippen LogP contribution in [0.15, 0.2) is 0 Å². The van der Waals surface area contributed by atoms with Gasteiger partial charge in [0.2, 0.25) is 0 Å². The summed E-state index contributed by atoms with van der Waals surface area (Å²) in [5.74, 6) is 0. The van der Waals surface area contributed by atoms with Gasteiger partial charge in [0.05, 0.1) is 0 Å². The van der Waals surface area contributed by atoms with Crippen LogP contribution >= 0.6 is 12.4 Å². The Balaban J connectivity index is 0.000000490. The van der Waals surface area contributed by atoms with Crippen LogP contribution < -0.4 is 5.73 Å². The minimum atomic E-state index is 0. The van der Waals surface area contributed by atoms with E-state index in [-0.39, 0.29) is 12.4 Å². The zero-order valence-corrected chi connectivity index (χ0v) is 5.78. The fourth-order valence-electron chi connectivity index (χ4n) is 0.965. The summed E-state index contributed by atoms with van der Waals surface area (Å²) in [7, 11) is 0. The molecule has 0 aliphatic carbocycles. The van der Waals surface area contributed by atoms with Gasteiger partial charge in [0, 0.05) is 6.67 Å². The summed E-state index contributed by atoms with van der Waals surface area (Å²) in [5.41, 5.74) is 5.36. The van der Waals surface area contributed by atoms with Crippen LogP contribution in [-0.2, 0) is 0 Å². The first kappa shape index (κ1) is 8.21. The van der Waals surface area contributed by atoms with Crippen LogP contribution in [-0.4, -0.2) is 24.7 Å². The summed E-state index contributed by atoms with van der Waals surface area (Å²) in [6, 6.07) is 0. The van der Waals surface area contributed by atoms with E-state index < -0.39 is 0 Å². The average Bonchev–Trinajstić information content (AvgIpc) is 2.14. The van der Waals surface area contributed by atoms with Crippen LogP contribution in [0.2, 0.25) is 0 Å². The third kappa shape index (κ3) is 1.99. The van der Waals surface area contributed by atoms with Crippen molar-refractivity contribution in [1.82, 2.24) is 4.90 Å². The second-order valence-corrected chi connectivity index (χ2v) is 2.01. The number of nitrogens with zero attached hydrogens (tertiary/aromatic N) is 1. The fourth-order valence-corrected chi connectivity index (χ4v) is 0.965. The van der Waals surface area contributed by atoms with Gasteiger partial charge in [-0.15, -0.1) is 12.4 Å². The maximum atomic E-state index is 5.36. The molecule has 0 aromatic carbocycles. The highest BCUT2D eigenvalue weighted by molar-refractivity contribution is 5.85. The van der Waals surface area contributed by atoms with Crippen molar-refractivity contribution in [3.63, 3.8) is 0 Å². The van der Waals surface area contributed by atoms with Gasteiger partial charge in [-0.1, -0.05) is 0 Å². The van der Waals surface area contributed by atoms with Gasteiger partial charge in [0.25, 0.3) is 0 Å². The Kier molecular flexibility index (Phi) is 4.23. The second-order valence-electron chi connectivity index (χ2n) is 2.01. The minimum absolute atomic E-state index is 0. The predicted molar refractivity (Wildman–Crippen MR) is 37.1 cm³/mol.